The van der Waals surface area contributed by atoms with Gasteiger partial charge in [0.15, 0.2) is 5.82 Å². The fourth-order valence-corrected chi connectivity index (χ4v) is 3.05. The number of carbonyl (C=O) groups excluding carboxylic acids is 1. The molecular weight excluding hydrogens is 256 g/mol. The van der Waals surface area contributed by atoms with Crippen LogP contribution in [0, 0.1) is 6.92 Å². The maximum Gasteiger partial charge on any atom is 0.223 e. The Labute approximate surface area is 119 Å². The average Bonchev–Trinajstić information content (AvgIpc) is 3.02. The minimum atomic E-state index is 0.203. The van der Waals surface area contributed by atoms with Crippen molar-refractivity contribution >= 4 is 5.91 Å². The summed E-state index contributed by atoms with van der Waals surface area (Å²) in [5.41, 5.74) is 0. The Balaban J connectivity index is 1.61. The van der Waals surface area contributed by atoms with E-state index in [4.69, 9.17) is 4.52 Å². The lowest BCUT2D eigenvalue weighted by Crippen LogP contribution is -2.43. The highest BCUT2D eigenvalue weighted by Gasteiger charge is 2.35. The molecule has 20 heavy (non-hydrogen) atoms. The second-order valence-corrected chi connectivity index (χ2v) is 5.90. The summed E-state index contributed by atoms with van der Waals surface area (Å²) < 4.78 is 5.03. The topological polar surface area (TPSA) is 62.5 Å². The molecule has 1 atom stereocenters. The molecule has 0 N–H and O–H groups in total. The van der Waals surface area contributed by atoms with E-state index in [-0.39, 0.29) is 5.91 Å². The first-order valence-electron chi connectivity index (χ1n) is 7.44. The van der Waals surface area contributed by atoms with Crippen LogP contribution >= 0.6 is 0 Å². The fourth-order valence-electron chi connectivity index (χ4n) is 3.05. The Hall–Kier alpha value is -1.43. The van der Waals surface area contributed by atoms with Gasteiger partial charge in [0.05, 0.1) is 6.54 Å². The van der Waals surface area contributed by atoms with Crippen molar-refractivity contribution in [2.24, 2.45) is 0 Å². The van der Waals surface area contributed by atoms with Crippen molar-refractivity contribution in [2.45, 2.75) is 58.2 Å². The monoisotopic (exact) mass is 278 g/mol. The van der Waals surface area contributed by atoms with Crippen molar-refractivity contribution < 1.29 is 9.32 Å². The van der Waals surface area contributed by atoms with Gasteiger partial charge in [-0.15, -0.1) is 0 Å². The summed E-state index contributed by atoms with van der Waals surface area (Å²) in [7, 11) is 0. The number of aryl methyl sites for hydroxylation is 1. The number of nitrogens with zero attached hydrogens (tertiary/aromatic N) is 4. The van der Waals surface area contributed by atoms with Gasteiger partial charge < -0.3 is 9.42 Å². The normalized spacial score (nSPS) is 23.2. The molecule has 3 rings (SSSR count). The Morgan fingerprint density at radius 1 is 1.45 bits per heavy atom. The van der Waals surface area contributed by atoms with E-state index < -0.39 is 0 Å². The predicted octanol–water partition coefficient (Wildman–Crippen LogP) is 1.35. The van der Waals surface area contributed by atoms with Crippen molar-refractivity contribution in [1.29, 1.82) is 0 Å². The highest BCUT2D eigenvalue weighted by atomic mass is 16.5. The van der Waals surface area contributed by atoms with Crippen LogP contribution in [0.4, 0.5) is 0 Å². The van der Waals surface area contributed by atoms with Crippen LogP contribution in [0.15, 0.2) is 4.52 Å². The number of amides is 1. The molecule has 1 aromatic heterocycles. The molecule has 1 saturated carbocycles. The lowest BCUT2D eigenvalue weighted by Gasteiger charge is -2.29. The first-order valence-corrected chi connectivity index (χ1v) is 7.44. The molecule has 6 heteroatoms. The fraction of sp³-hybridized carbons (Fsp3) is 0.786. The van der Waals surface area contributed by atoms with Gasteiger partial charge in [-0.2, -0.15) is 4.98 Å². The van der Waals surface area contributed by atoms with Crippen LogP contribution in [-0.4, -0.2) is 51.0 Å². The van der Waals surface area contributed by atoms with Crippen LogP contribution in [0.1, 0.15) is 44.3 Å². The summed E-state index contributed by atoms with van der Waals surface area (Å²) in [5, 5.41) is 3.97. The summed E-state index contributed by atoms with van der Waals surface area (Å²) >= 11 is 0. The Kier molecular flexibility index (Phi) is 3.74. The molecule has 0 unspecified atom stereocenters. The van der Waals surface area contributed by atoms with Crippen LogP contribution in [0.3, 0.4) is 0 Å². The number of carbonyl (C=O) groups is 1. The van der Waals surface area contributed by atoms with Gasteiger partial charge in [0, 0.05) is 32.5 Å². The van der Waals surface area contributed by atoms with Gasteiger partial charge in [-0.05, 0) is 32.2 Å². The number of hydrogen-bond donors (Lipinski definition) is 0. The van der Waals surface area contributed by atoms with Crippen LogP contribution in [-0.2, 0) is 11.3 Å². The van der Waals surface area contributed by atoms with Crippen molar-refractivity contribution in [3.05, 3.63) is 11.7 Å². The highest BCUT2D eigenvalue weighted by molar-refractivity contribution is 5.74. The Morgan fingerprint density at radius 3 is 2.85 bits per heavy atom. The molecule has 2 heterocycles. The van der Waals surface area contributed by atoms with E-state index in [9.17, 15) is 4.79 Å². The standard InChI is InChI=1S/C14H22N4O2/c1-10-15-14(16-20-10)9-17-7-3-4-13(17)8-18(11(2)19)12-5-6-12/h12-13H,3-9H2,1-2H3/t13-/m0/s1. The van der Waals surface area contributed by atoms with E-state index in [1.54, 1.807) is 6.92 Å². The molecule has 2 aliphatic rings. The zero-order chi connectivity index (χ0) is 14.1. The van der Waals surface area contributed by atoms with E-state index in [1.165, 1.54) is 6.42 Å². The van der Waals surface area contributed by atoms with Crippen molar-refractivity contribution in [2.75, 3.05) is 13.1 Å². The second-order valence-electron chi connectivity index (χ2n) is 5.90. The SMILES string of the molecule is CC(=O)N(C[C@@H]1CCCN1Cc1noc(C)n1)C1CC1. The number of rotatable bonds is 5. The third kappa shape index (κ3) is 3.00. The predicted molar refractivity (Wildman–Crippen MR) is 72.9 cm³/mol. The lowest BCUT2D eigenvalue weighted by atomic mass is 10.2. The van der Waals surface area contributed by atoms with Gasteiger partial charge in [-0.1, -0.05) is 5.16 Å². The molecule has 1 saturated heterocycles. The Morgan fingerprint density at radius 2 is 2.25 bits per heavy atom. The lowest BCUT2D eigenvalue weighted by molar-refractivity contribution is -0.130. The summed E-state index contributed by atoms with van der Waals surface area (Å²) in [5.74, 6) is 1.56. The van der Waals surface area contributed by atoms with Crippen molar-refractivity contribution in [1.82, 2.24) is 19.9 Å². The average molecular weight is 278 g/mol. The minimum absolute atomic E-state index is 0.203. The van der Waals surface area contributed by atoms with Crippen LogP contribution in [0.25, 0.3) is 0 Å². The Bertz CT molecular complexity index is 483. The molecule has 1 aromatic rings. The summed E-state index contributed by atoms with van der Waals surface area (Å²) in [6, 6.07) is 0.917. The molecule has 6 nitrogen and oxygen atoms in total. The molecule has 0 bridgehead atoms. The molecular formula is C14H22N4O2. The second kappa shape index (κ2) is 5.52. The van der Waals surface area contributed by atoms with Gasteiger partial charge in [0.25, 0.3) is 0 Å². The molecule has 2 fully saturated rings. The van der Waals surface area contributed by atoms with E-state index >= 15 is 0 Å². The quantitative estimate of drug-likeness (QED) is 0.813. The first-order chi connectivity index (χ1) is 9.63. The molecule has 0 spiro atoms. The van der Waals surface area contributed by atoms with Gasteiger partial charge >= 0.3 is 0 Å². The van der Waals surface area contributed by atoms with Gasteiger partial charge in [0.1, 0.15) is 0 Å². The number of aromatic nitrogens is 2. The molecule has 1 amide bonds. The maximum atomic E-state index is 11.7. The van der Waals surface area contributed by atoms with E-state index in [1.807, 2.05) is 11.8 Å². The largest absolute Gasteiger partial charge is 0.340 e. The van der Waals surface area contributed by atoms with Crippen molar-refractivity contribution in [3.8, 4) is 0 Å². The van der Waals surface area contributed by atoms with Crippen molar-refractivity contribution in [3.63, 3.8) is 0 Å². The van der Waals surface area contributed by atoms with E-state index in [2.05, 4.69) is 15.0 Å². The third-order valence-corrected chi connectivity index (χ3v) is 4.21. The number of likely N-dealkylation sites (tertiary alicyclic amines) is 1. The molecule has 1 aliphatic carbocycles. The molecule has 0 aromatic carbocycles. The third-order valence-electron chi connectivity index (χ3n) is 4.21. The van der Waals surface area contributed by atoms with Crippen LogP contribution in [0.5, 0.6) is 0 Å². The summed E-state index contributed by atoms with van der Waals surface area (Å²) in [6.45, 7) is 6.10. The molecule has 0 radical (unpaired) electrons. The van der Waals surface area contributed by atoms with Crippen LogP contribution in [0.2, 0.25) is 0 Å². The van der Waals surface area contributed by atoms with E-state index in [0.29, 0.717) is 18.0 Å². The van der Waals surface area contributed by atoms with Gasteiger partial charge in [-0.25, -0.2) is 0 Å². The van der Waals surface area contributed by atoms with Crippen LogP contribution < -0.4 is 0 Å². The zero-order valence-electron chi connectivity index (χ0n) is 12.2. The maximum absolute atomic E-state index is 11.7. The highest BCUT2D eigenvalue weighted by Crippen LogP contribution is 2.29. The molecule has 110 valence electrons. The zero-order valence-corrected chi connectivity index (χ0v) is 12.2. The first kappa shape index (κ1) is 13.5. The summed E-state index contributed by atoms with van der Waals surface area (Å²) in [4.78, 5) is 20.4. The smallest absolute Gasteiger partial charge is 0.223 e. The van der Waals surface area contributed by atoms with Gasteiger partial charge in [0.2, 0.25) is 11.8 Å². The summed E-state index contributed by atoms with van der Waals surface area (Å²) in [6.07, 6.45) is 4.65. The van der Waals surface area contributed by atoms with E-state index in [0.717, 1.165) is 44.7 Å². The van der Waals surface area contributed by atoms with Gasteiger partial charge in [-0.3, -0.25) is 9.69 Å². The molecule has 1 aliphatic heterocycles. The number of hydrogen-bond acceptors (Lipinski definition) is 5. The minimum Gasteiger partial charge on any atom is -0.340 e.